The molecule has 0 spiro atoms. The van der Waals surface area contributed by atoms with Crippen molar-refractivity contribution in [3.63, 3.8) is 0 Å². The van der Waals surface area contributed by atoms with Crippen molar-refractivity contribution in [3.8, 4) is 0 Å². The number of H-pyrrole nitrogens is 1. The summed E-state index contributed by atoms with van der Waals surface area (Å²) in [7, 11) is 1.77. The van der Waals surface area contributed by atoms with Crippen LogP contribution in [0.15, 0.2) is 4.79 Å². The maximum absolute atomic E-state index is 12.6. The summed E-state index contributed by atoms with van der Waals surface area (Å²) in [6.07, 6.45) is 1.27. The van der Waals surface area contributed by atoms with Crippen LogP contribution in [-0.2, 0) is 18.3 Å². The number of aryl methyl sites for hydroxylation is 3. The minimum absolute atomic E-state index is 0.105. The summed E-state index contributed by atoms with van der Waals surface area (Å²) < 4.78 is 1.63. The van der Waals surface area contributed by atoms with E-state index < -0.39 is 0 Å². The van der Waals surface area contributed by atoms with Crippen LogP contribution >= 0.6 is 0 Å². The fraction of sp³-hybridized carbons (Fsp3) is 0.562. The van der Waals surface area contributed by atoms with Gasteiger partial charge in [0.2, 0.25) is 5.91 Å². The molecule has 0 bridgehead atoms. The third kappa shape index (κ3) is 2.88. The van der Waals surface area contributed by atoms with Crippen LogP contribution in [0.4, 0.5) is 0 Å². The third-order valence-corrected chi connectivity index (χ3v) is 4.60. The highest BCUT2D eigenvalue weighted by Crippen LogP contribution is 2.21. The summed E-state index contributed by atoms with van der Waals surface area (Å²) >= 11 is 0. The number of nitrogens with one attached hydrogen (secondary N) is 2. The molecule has 3 heterocycles. The smallest absolute Gasteiger partial charge is 0.273 e. The quantitative estimate of drug-likeness (QED) is 0.831. The van der Waals surface area contributed by atoms with Gasteiger partial charge in [-0.2, -0.15) is 0 Å². The molecule has 0 atom stereocenters. The van der Waals surface area contributed by atoms with Crippen LogP contribution in [0.2, 0.25) is 0 Å². The Bertz CT molecular complexity index is 797. The summed E-state index contributed by atoms with van der Waals surface area (Å²) in [6.45, 7) is 7.10. The van der Waals surface area contributed by atoms with Gasteiger partial charge in [0.05, 0.1) is 11.8 Å². The molecule has 124 valence electrons. The van der Waals surface area contributed by atoms with Gasteiger partial charge in [0.25, 0.3) is 5.56 Å². The normalized spacial score (nSPS) is 15.9. The van der Waals surface area contributed by atoms with E-state index in [1.54, 1.807) is 11.7 Å². The lowest BCUT2D eigenvalue weighted by molar-refractivity contribution is -0.130. The molecule has 3 rings (SSSR count). The van der Waals surface area contributed by atoms with E-state index in [1.165, 1.54) is 0 Å². The van der Waals surface area contributed by atoms with Crippen molar-refractivity contribution in [1.29, 1.82) is 0 Å². The lowest BCUT2D eigenvalue weighted by Crippen LogP contribution is -2.35. The summed E-state index contributed by atoms with van der Waals surface area (Å²) in [5.41, 5.74) is 3.03. The molecule has 0 aromatic carbocycles. The zero-order valence-electron chi connectivity index (χ0n) is 13.9. The number of carbonyl (C=O) groups is 1. The molecule has 0 unspecified atom stereocenters. The Kier molecular flexibility index (Phi) is 4.21. The minimum atomic E-state index is -0.153. The van der Waals surface area contributed by atoms with Crippen molar-refractivity contribution >= 4 is 16.9 Å². The van der Waals surface area contributed by atoms with Gasteiger partial charge in [0.1, 0.15) is 0 Å². The van der Waals surface area contributed by atoms with E-state index in [4.69, 9.17) is 0 Å². The molecule has 0 aliphatic carbocycles. The van der Waals surface area contributed by atoms with Crippen molar-refractivity contribution in [2.45, 2.75) is 26.7 Å². The van der Waals surface area contributed by atoms with Gasteiger partial charge >= 0.3 is 0 Å². The average molecular weight is 317 g/mol. The van der Waals surface area contributed by atoms with E-state index in [0.29, 0.717) is 17.5 Å². The minimum Gasteiger partial charge on any atom is -0.341 e. The van der Waals surface area contributed by atoms with Crippen molar-refractivity contribution in [2.24, 2.45) is 7.05 Å². The highest BCUT2D eigenvalue weighted by atomic mass is 16.2. The van der Waals surface area contributed by atoms with E-state index in [2.05, 4.69) is 15.4 Å². The van der Waals surface area contributed by atoms with Crippen molar-refractivity contribution in [2.75, 3.05) is 26.2 Å². The zero-order valence-corrected chi connectivity index (χ0v) is 13.9. The van der Waals surface area contributed by atoms with Gasteiger partial charge < -0.3 is 10.2 Å². The Balaban J connectivity index is 1.95. The molecular weight excluding hydrogens is 294 g/mol. The number of aromatic nitrogens is 3. The highest BCUT2D eigenvalue weighted by Gasteiger charge is 2.20. The molecule has 1 aliphatic rings. The Morgan fingerprint density at radius 3 is 2.83 bits per heavy atom. The standard InChI is InChI=1S/C16H23N5O2/c1-10-12(9-13(22)21-7-4-5-17-6-8-21)11(2)18-15-14(10)16(23)19-20(15)3/h17H,4-9H2,1-3H3,(H,19,23). The van der Waals surface area contributed by atoms with Gasteiger partial charge in [-0.25, -0.2) is 4.98 Å². The molecule has 2 aromatic rings. The number of hydrogen-bond donors (Lipinski definition) is 2. The Hall–Kier alpha value is -2.15. The molecule has 7 nitrogen and oxygen atoms in total. The second-order valence-electron chi connectivity index (χ2n) is 6.16. The molecular formula is C16H23N5O2. The first-order chi connectivity index (χ1) is 11.0. The van der Waals surface area contributed by atoms with Gasteiger partial charge in [-0.1, -0.05) is 0 Å². The summed E-state index contributed by atoms with van der Waals surface area (Å²) in [5, 5.41) is 6.61. The topological polar surface area (TPSA) is 83.0 Å². The zero-order chi connectivity index (χ0) is 16.6. The monoisotopic (exact) mass is 317 g/mol. The van der Waals surface area contributed by atoms with Gasteiger partial charge in [0, 0.05) is 32.4 Å². The number of hydrogen-bond acceptors (Lipinski definition) is 4. The van der Waals surface area contributed by atoms with Crippen LogP contribution in [0.3, 0.4) is 0 Å². The van der Waals surface area contributed by atoms with Crippen LogP contribution in [0.1, 0.15) is 23.2 Å². The third-order valence-electron chi connectivity index (χ3n) is 4.60. The van der Waals surface area contributed by atoms with Gasteiger partial charge in [-0.15, -0.1) is 0 Å². The van der Waals surface area contributed by atoms with Crippen LogP contribution in [0.25, 0.3) is 11.0 Å². The first kappa shape index (κ1) is 15.7. The van der Waals surface area contributed by atoms with Gasteiger partial charge in [-0.3, -0.25) is 19.4 Å². The predicted molar refractivity (Wildman–Crippen MR) is 88.6 cm³/mol. The number of rotatable bonds is 2. The molecule has 1 amide bonds. The fourth-order valence-corrected chi connectivity index (χ4v) is 3.27. The second-order valence-corrected chi connectivity index (χ2v) is 6.16. The number of aromatic amines is 1. The Morgan fingerprint density at radius 2 is 2.04 bits per heavy atom. The van der Waals surface area contributed by atoms with Crippen LogP contribution in [0, 0.1) is 13.8 Å². The van der Waals surface area contributed by atoms with E-state index in [0.717, 1.165) is 49.4 Å². The highest BCUT2D eigenvalue weighted by molar-refractivity contribution is 5.84. The second kappa shape index (κ2) is 6.16. The van der Waals surface area contributed by atoms with Crippen LogP contribution in [-0.4, -0.2) is 51.8 Å². The lowest BCUT2D eigenvalue weighted by atomic mass is 10.0. The SMILES string of the molecule is Cc1nc2c(c(C)c1CC(=O)N1CCCNCC1)c(=O)[nH]n2C. The summed E-state index contributed by atoms with van der Waals surface area (Å²) in [6, 6.07) is 0. The Labute approximate surface area is 134 Å². The fourth-order valence-electron chi connectivity index (χ4n) is 3.27. The first-order valence-corrected chi connectivity index (χ1v) is 8.02. The van der Waals surface area contributed by atoms with Crippen molar-refractivity contribution in [1.82, 2.24) is 25.0 Å². The summed E-state index contributed by atoms with van der Waals surface area (Å²) in [4.78, 5) is 31.2. The number of nitrogens with zero attached hydrogens (tertiary/aromatic N) is 3. The van der Waals surface area contributed by atoms with E-state index in [-0.39, 0.29) is 11.5 Å². The predicted octanol–water partition coefficient (Wildman–Crippen LogP) is 0.243. The maximum Gasteiger partial charge on any atom is 0.273 e. The van der Waals surface area contributed by atoms with E-state index >= 15 is 0 Å². The lowest BCUT2D eigenvalue weighted by Gasteiger charge is -2.21. The molecule has 23 heavy (non-hydrogen) atoms. The molecule has 2 N–H and O–H groups in total. The number of pyridine rings is 1. The number of carbonyl (C=O) groups excluding carboxylic acids is 1. The van der Waals surface area contributed by atoms with Gasteiger partial charge in [0.15, 0.2) is 5.65 Å². The van der Waals surface area contributed by atoms with Crippen LogP contribution < -0.4 is 10.9 Å². The van der Waals surface area contributed by atoms with Gasteiger partial charge in [-0.05, 0) is 37.9 Å². The molecule has 1 aliphatic heterocycles. The maximum atomic E-state index is 12.6. The molecule has 7 heteroatoms. The Morgan fingerprint density at radius 1 is 1.26 bits per heavy atom. The van der Waals surface area contributed by atoms with Crippen molar-refractivity contribution < 1.29 is 4.79 Å². The number of fused-ring (bicyclic) bond motifs is 1. The van der Waals surface area contributed by atoms with E-state index in [1.807, 2.05) is 18.7 Å². The summed E-state index contributed by atoms with van der Waals surface area (Å²) in [5.74, 6) is 0.105. The average Bonchev–Trinajstić information content (AvgIpc) is 2.72. The molecule has 2 aromatic heterocycles. The molecule has 1 fully saturated rings. The van der Waals surface area contributed by atoms with E-state index in [9.17, 15) is 9.59 Å². The largest absolute Gasteiger partial charge is 0.341 e. The number of amides is 1. The molecule has 1 saturated heterocycles. The van der Waals surface area contributed by atoms with Crippen LogP contribution in [0.5, 0.6) is 0 Å². The molecule has 0 radical (unpaired) electrons. The van der Waals surface area contributed by atoms with Crippen molar-refractivity contribution in [3.05, 3.63) is 27.2 Å². The molecule has 0 saturated carbocycles. The first-order valence-electron chi connectivity index (χ1n) is 8.02.